The fourth-order valence-corrected chi connectivity index (χ4v) is 3.40. The van der Waals surface area contributed by atoms with Crippen molar-refractivity contribution in [1.29, 1.82) is 0 Å². The van der Waals surface area contributed by atoms with E-state index in [1.807, 2.05) is 36.4 Å². The maximum absolute atomic E-state index is 6.43. The standard InChI is InChI=1S/C12H10ClSi/c13-14(11-7-3-1-4-8-11)12-9-5-2-6-10-12/h1-10H/q+1. The highest BCUT2D eigenvalue weighted by Crippen LogP contribution is 1.95. The smallest absolute Gasteiger partial charge is 0.0621 e. The molecule has 68 valence electrons. The van der Waals surface area contributed by atoms with Crippen molar-refractivity contribution in [2.45, 2.75) is 0 Å². The SMILES string of the molecule is Cl[Si+](c1ccccc1)c1ccccc1. The Morgan fingerprint density at radius 3 is 1.36 bits per heavy atom. The Labute approximate surface area is 90.5 Å². The zero-order chi connectivity index (χ0) is 9.80. The molecule has 2 rings (SSSR count). The first-order valence-electron chi connectivity index (χ1n) is 4.51. The van der Waals surface area contributed by atoms with E-state index in [4.69, 9.17) is 11.1 Å². The van der Waals surface area contributed by atoms with Crippen molar-refractivity contribution < 1.29 is 0 Å². The van der Waals surface area contributed by atoms with Crippen molar-refractivity contribution in [3.05, 3.63) is 60.7 Å². The van der Waals surface area contributed by atoms with Crippen LogP contribution in [0.4, 0.5) is 0 Å². The monoisotopic (exact) mass is 217 g/mol. The topological polar surface area (TPSA) is 0 Å². The van der Waals surface area contributed by atoms with Crippen LogP contribution >= 0.6 is 11.1 Å². The summed E-state index contributed by atoms with van der Waals surface area (Å²) in [6.45, 7) is 0. The predicted octanol–water partition coefficient (Wildman–Crippen LogP) is 2.03. The molecular weight excluding hydrogens is 208 g/mol. The Morgan fingerprint density at radius 1 is 0.643 bits per heavy atom. The molecule has 0 amide bonds. The highest BCUT2D eigenvalue weighted by molar-refractivity contribution is 7.21. The van der Waals surface area contributed by atoms with Gasteiger partial charge in [0, 0.05) is 0 Å². The van der Waals surface area contributed by atoms with Crippen LogP contribution < -0.4 is 10.4 Å². The van der Waals surface area contributed by atoms with E-state index in [9.17, 15) is 0 Å². The maximum Gasteiger partial charge on any atom is 0.506 e. The first-order chi connectivity index (χ1) is 6.88. The van der Waals surface area contributed by atoms with Gasteiger partial charge in [-0.2, -0.15) is 0 Å². The quantitative estimate of drug-likeness (QED) is 0.534. The molecule has 0 aliphatic rings. The third-order valence-corrected chi connectivity index (χ3v) is 5.04. The van der Waals surface area contributed by atoms with E-state index in [1.54, 1.807) is 0 Å². The minimum Gasteiger partial charge on any atom is -0.0621 e. The summed E-state index contributed by atoms with van der Waals surface area (Å²) in [6.07, 6.45) is 0. The molecule has 0 aliphatic carbocycles. The first kappa shape index (κ1) is 9.50. The molecule has 0 bridgehead atoms. The molecule has 0 heterocycles. The van der Waals surface area contributed by atoms with Crippen LogP contribution in [0.3, 0.4) is 0 Å². The zero-order valence-electron chi connectivity index (χ0n) is 7.65. The maximum atomic E-state index is 6.43. The third-order valence-electron chi connectivity index (χ3n) is 2.05. The van der Waals surface area contributed by atoms with Crippen LogP contribution in [0.5, 0.6) is 0 Å². The molecule has 2 aromatic carbocycles. The van der Waals surface area contributed by atoms with Crippen molar-refractivity contribution in [1.82, 2.24) is 0 Å². The summed E-state index contributed by atoms with van der Waals surface area (Å²) < 4.78 is 0. The Morgan fingerprint density at radius 2 is 1.00 bits per heavy atom. The van der Waals surface area contributed by atoms with Gasteiger partial charge < -0.3 is 0 Å². The minimum atomic E-state index is -1.07. The van der Waals surface area contributed by atoms with E-state index in [0.29, 0.717) is 0 Å². The molecule has 0 fully saturated rings. The number of hydrogen-bond donors (Lipinski definition) is 0. The summed E-state index contributed by atoms with van der Waals surface area (Å²) in [6, 6.07) is 20.5. The van der Waals surface area contributed by atoms with Gasteiger partial charge in [-0.05, 0) is 24.3 Å². The van der Waals surface area contributed by atoms with E-state index < -0.39 is 8.11 Å². The molecule has 0 saturated carbocycles. The van der Waals surface area contributed by atoms with Crippen LogP contribution in [-0.2, 0) is 0 Å². The van der Waals surface area contributed by atoms with Crippen molar-refractivity contribution in [2.75, 3.05) is 0 Å². The van der Waals surface area contributed by atoms with E-state index in [1.165, 1.54) is 10.4 Å². The molecule has 0 spiro atoms. The molecule has 0 N–H and O–H groups in total. The lowest BCUT2D eigenvalue weighted by molar-refractivity contribution is 1.74. The van der Waals surface area contributed by atoms with Crippen LogP contribution in [0, 0.1) is 0 Å². The van der Waals surface area contributed by atoms with Gasteiger partial charge >= 0.3 is 8.11 Å². The summed E-state index contributed by atoms with van der Waals surface area (Å²) in [5, 5.41) is 2.48. The van der Waals surface area contributed by atoms with E-state index >= 15 is 0 Å². The van der Waals surface area contributed by atoms with Crippen LogP contribution in [0.15, 0.2) is 60.7 Å². The molecule has 0 atom stereocenters. The van der Waals surface area contributed by atoms with Crippen molar-refractivity contribution >= 4 is 29.6 Å². The minimum absolute atomic E-state index is 1.07. The lowest BCUT2D eigenvalue weighted by atomic mass is 10.4. The second kappa shape index (κ2) is 4.44. The zero-order valence-corrected chi connectivity index (χ0v) is 9.41. The van der Waals surface area contributed by atoms with Crippen LogP contribution in [0.2, 0.25) is 0 Å². The van der Waals surface area contributed by atoms with Gasteiger partial charge in [-0.3, -0.25) is 0 Å². The van der Waals surface area contributed by atoms with Gasteiger partial charge in [-0.15, -0.1) is 0 Å². The van der Waals surface area contributed by atoms with Gasteiger partial charge in [0.15, 0.2) is 0 Å². The Balaban J connectivity index is 2.30. The lowest BCUT2D eigenvalue weighted by Gasteiger charge is -1.92. The fraction of sp³-hybridized carbons (Fsp3) is 0. The van der Waals surface area contributed by atoms with E-state index in [0.717, 1.165) is 0 Å². The summed E-state index contributed by atoms with van der Waals surface area (Å²) in [4.78, 5) is 0. The van der Waals surface area contributed by atoms with Crippen LogP contribution in [-0.4, -0.2) is 8.11 Å². The molecule has 0 saturated heterocycles. The highest BCUT2D eigenvalue weighted by Gasteiger charge is 2.30. The molecule has 0 unspecified atom stereocenters. The first-order valence-corrected chi connectivity index (χ1v) is 7.02. The van der Waals surface area contributed by atoms with Crippen LogP contribution in [0.1, 0.15) is 0 Å². The van der Waals surface area contributed by atoms with E-state index in [-0.39, 0.29) is 0 Å². The lowest BCUT2D eigenvalue weighted by Crippen LogP contribution is -2.36. The average molecular weight is 218 g/mol. The average Bonchev–Trinajstić information content (AvgIpc) is 2.30. The van der Waals surface area contributed by atoms with Gasteiger partial charge in [0.1, 0.15) is 10.4 Å². The number of rotatable bonds is 2. The molecular formula is C12H10ClSi+. The van der Waals surface area contributed by atoms with Gasteiger partial charge in [-0.1, -0.05) is 36.4 Å². The van der Waals surface area contributed by atoms with Crippen molar-refractivity contribution in [3.63, 3.8) is 0 Å². The molecule has 14 heavy (non-hydrogen) atoms. The van der Waals surface area contributed by atoms with Gasteiger partial charge in [0.05, 0.1) is 11.1 Å². The van der Waals surface area contributed by atoms with Crippen molar-refractivity contribution in [2.24, 2.45) is 0 Å². The normalized spacial score (nSPS) is 9.79. The summed E-state index contributed by atoms with van der Waals surface area (Å²) in [5.74, 6) is 0. The molecule has 0 radical (unpaired) electrons. The molecule has 2 heteroatoms. The van der Waals surface area contributed by atoms with Gasteiger partial charge in [0.2, 0.25) is 0 Å². The van der Waals surface area contributed by atoms with Gasteiger partial charge in [0.25, 0.3) is 0 Å². The second-order valence-electron chi connectivity index (χ2n) is 3.05. The number of halogens is 1. The summed E-state index contributed by atoms with van der Waals surface area (Å²) in [5.41, 5.74) is 0. The van der Waals surface area contributed by atoms with Crippen LogP contribution in [0.25, 0.3) is 0 Å². The Bertz CT molecular complexity index is 346. The largest absolute Gasteiger partial charge is 0.506 e. The number of hydrogen-bond acceptors (Lipinski definition) is 0. The fourth-order valence-electron chi connectivity index (χ4n) is 1.34. The highest BCUT2D eigenvalue weighted by atomic mass is 35.6. The molecule has 0 aliphatic heterocycles. The summed E-state index contributed by atoms with van der Waals surface area (Å²) in [7, 11) is -1.07. The Kier molecular flexibility index (Phi) is 3.02. The molecule has 2 aromatic rings. The summed E-state index contributed by atoms with van der Waals surface area (Å²) >= 11 is 6.43. The second-order valence-corrected chi connectivity index (χ2v) is 5.96. The molecule has 0 nitrogen and oxygen atoms in total. The molecule has 0 aromatic heterocycles. The third kappa shape index (κ3) is 2.06. The van der Waals surface area contributed by atoms with Crippen molar-refractivity contribution in [3.8, 4) is 0 Å². The number of benzene rings is 2. The Hall–Kier alpha value is -1.05. The predicted molar refractivity (Wildman–Crippen MR) is 63.8 cm³/mol. The van der Waals surface area contributed by atoms with Gasteiger partial charge in [-0.25, -0.2) is 0 Å². The van der Waals surface area contributed by atoms with E-state index in [2.05, 4.69) is 24.3 Å².